The molecule has 0 saturated carbocycles. The topological polar surface area (TPSA) is 78.4 Å². The van der Waals surface area contributed by atoms with E-state index in [4.69, 9.17) is 9.59 Å². The van der Waals surface area contributed by atoms with Crippen molar-refractivity contribution in [3.8, 4) is 0 Å². The van der Waals surface area contributed by atoms with Crippen LogP contribution in [0, 0.1) is 0 Å². The Morgan fingerprint density at radius 1 is 1.14 bits per heavy atom. The molecule has 0 aliphatic carbocycles. The standard InChI is InChI=1S/C2H2O3.Ca.H3N.2H/c3-1-5-2-4;;;;/h1-2H;;1H3;;. The Kier molecular flexibility index (Phi) is 36.2. The summed E-state index contributed by atoms with van der Waals surface area (Å²) >= 11 is 0. The van der Waals surface area contributed by atoms with Crippen LogP contribution in [-0.4, -0.2) is 50.7 Å². The molecular weight excluding hydrogens is 126 g/mol. The summed E-state index contributed by atoms with van der Waals surface area (Å²) < 4.78 is 3.47. The van der Waals surface area contributed by atoms with Crippen molar-refractivity contribution in [3.63, 3.8) is 0 Å². The Bertz CT molecular complexity index is 42.2. The van der Waals surface area contributed by atoms with Crippen LogP contribution < -0.4 is 6.15 Å². The predicted molar refractivity (Wildman–Crippen MR) is 26.8 cm³/mol. The van der Waals surface area contributed by atoms with Crippen molar-refractivity contribution in [1.29, 1.82) is 0 Å². The van der Waals surface area contributed by atoms with Gasteiger partial charge in [0, 0.05) is 0 Å². The molecule has 0 unspecified atom stereocenters. The first-order valence-electron chi connectivity index (χ1n) is 0.943. The van der Waals surface area contributed by atoms with Crippen LogP contribution in [0.2, 0.25) is 0 Å². The molecule has 0 aromatic rings. The maximum atomic E-state index is 8.95. The van der Waals surface area contributed by atoms with Crippen LogP contribution in [0.3, 0.4) is 0 Å². The van der Waals surface area contributed by atoms with E-state index in [0.717, 1.165) is 0 Å². The van der Waals surface area contributed by atoms with Gasteiger partial charge in [0.2, 0.25) is 0 Å². The number of hydrogen-bond donors (Lipinski definition) is 1. The summed E-state index contributed by atoms with van der Waals surface area (Å²) in [6, 6.07) is 0. The second-order valence-electron chi connectivity index (χ2n) is 0.329. The van der Waals surface area contributed by atoms with Crippen molar-refractivity contribution in [3.05, 3.63) is 0 Å². The molecular formula is C2H7CaNO3. The van der Waals surface area contributed by atoms with E-state index < -0.39 is 0 Å². The number of rotatable bonds is 2. The number of ether oxygens (including phenoxy) is 1. The molecule has 0 radical (unpaired) electrons. The maximum absolute atomic E-state index is 8.95. The minimum absolute atomic E-state index is 0. The average Bonchev–Trinajstić information content (AvgIpc) is 1.41. The van der Waals surface area contributed by atoms with Crippen molar-refractivity contribution >= 4 is 50.7 Å². The van der Waals surface area contributed by atoms with Crippen molar-refractivity contribution in [1.82, 2.24) is 6.15 Å². The summed E-state index contributed by atoms with van der Waals surface area (Å²) in [5.74, 6) is 0. The van der Waals surface area contributed by atoms with Gasteiger partial charge in [0.1, 0.15) is 0 Å². The van der Waals surface area contributed by atoms with Crippen molar-refractivity contribution in [2.75, 3.05) is 0 Å². The third-order valence-corrected chi connectivity index (χ3v) is 0.111. The molecule has 3 N–H and O–H groups in total. The van der Waals surface area contributed by atoms with Crippen LogP contribution >= 0.6 is 0 Å². The molecule has 7 heavy (non-hydrogen) atoms. The van der Waals surface area contributed by atoms with Crippen molar-refractivity contribution in [2.45, 2.75) is 0 Å². The van der Waals surface area contributed by atoms with Crippen LogP contribution in [0.4, 0.5) is 0 Å². The molecule has 0 aromatic carbocycles. The second-order valence-corrected chi connectivity index (χ2v) is 0.329. The zero-order valence-electron chi connectivity index (χ0n) is 3.09. The number of hydrogen-bond acceptors (Lipinski definition) is 4. The molecule has 0 aliphatic rings. The summed E-state index contributed by atoms with van der Waals surface area (Å²) in [5.41, 5.74) is 0. The van der Waals surface area contributed by atoms with E-state index in [0.29, 0.717) is 0 Å². The normalized spacial score (nSPS) is 4.00. The van der Waals surface area contributed by atoms with Gasteiger partial charge in [-0.1, -0.05) is 0 Å². The van der Waals surface area contributed by atoms with Gasteiger partial charge in [-0.15, -0.1) is 0 Å². The van der Waals surface area contributed by atoms with E-state index in [1.165, 1.54) is 0 Å². The molecule has 0 aliphatic heterocycles. The van der Waals surface area contributed by atoms with Gasteiger partial charge in [-0.3, -0.25) is 9.59 Å². The first kappa shape index (κ1) is 15.7. The zero-order valence-corrected chi connectivity index (χ0v) is 3.09. The van der Waals surface area contributed by atoms with E-state index in [9.17, 15) is 0 Å². The van der Waals surface area contributed by atoms with Crippen molar-refractivity contribution in [2.24, 2.45) is 0 Å². The molecule has 0 atom stereocenters. The first-order valence-corrected chi connectivity index (χ1v) is 0.943. The summed E-state index contributed by atoms with van der Waals surface area (Å²) in [4.78, 5) is 17.9. The van der Waals surface area contributed by atoms with E-state index in [2.05, 4.69) is 4.74 Å². The molecule has 0 heterocycles. The summed E-state index contributed by atoms with van der Waals surface area (Å²) in [7, 11) is 0. The summed E-state index contributed by atoms with van der Waals surface area (Å²) in [6.07, 6.45) is 0. The Morgan fingerprint density at radius 2 is 1.43 bits per heavy atom. The van der Waals surface area contributed by atoms with Gasteiger partial charge in [-0.2, -0.15) is 0 Å². The summed E-state index contributed by atoms with van der Waals surface area (Å²) in [6.45, 7) is 0.125. The Hall–Kier alpha value is 0.360. The van der Waals surface area contributed by atoms with Gasteiger partial charge < -0.3 is 10.9 Å². The SMILES string of the molecule is N.O=COC=O.[CaH2]. The molecule has 0 fully saturated rings. The fraction of sp³-hybridized carbons (Fsp3) is 0. The fourth-order valence-corrected chi connectivity index (χ4v) is 0.0227. The molecule has 0 spiro atoms. The van der Waals surface area contributed by atoms with Gasteiger partial charge in [0.25, 0.3) is 0 Å². The first-order chi connectivity index (χ1) is 2.41. The van der Waals surface area contributed by atoms with E-state index >= 15 is 0 Å². The van der Waals surface area contributed by atoms with Gasteiger partial charge in [0.05, 0.1) is 0 Å². The van der Waals surface area contributed by atoms with Gasteiger partial charge in [-0.25, -0.2) is 0 Å². The van der Waals surface area contributed by atoms with E-state index in [-0.39, 0.29) is 56.8 Å². The second kappa shape index (κ2) is 16.2. The molecule has 4 nitrogen and oxygen atoms in total. The molecule has 5 heteroatoms. The number of carbonyl (C=O) groups excluding carboxylic acids is 2. The van der Waals surface area contributed by atoms with Crippen LogP contribution in [-0.2, 0) is 14.3 Å². The van der Waals surface area contributed by atoms with Gasteiger partial charge in [0.15, 0.2) is 0 Å². The number of carbonyl (C=O) groups is 2. The van der Waals surface area contributed by atoms with Crippen LogP contribution in [0.15, 0.2) is 0 Å². The fourth-order valence-electron chi connectivity index (χ4n) is 0.0227. The predicted octanol–water partition coefficient (Wildman–Crippen LogP) is -1.44. The third kappa shape index (κ3) is 21.7. The molecule has 40 valence electrons. The quantitative estimate of drug-likeness (QED) is 0.284. The van der Waals surface area contributed by atoms with Gasteiger partial charge >= 0.3 is 50.7 Å². The molecule has 0 bridgehead atoms. The van der Waals surface area contributed by atoms with Gasteiger partial charge in [-0.05, 0) is 0 Å². The van der Waals surface area contributed by atoms with Crippen LogP contribution in [0.1, 0.15) is 0 Å². The molecule has 0 aromatic heterocycles. The Balaban J connectivity index is -0.0000000800. The molecule has 0 rings (SSSR count). The van der Waals surface area contributed by atoms with E-state index in [1.54, 1.807) is 0 Å². The zero-order chi connectivity index (χ0) is 4.12. The monoisotopic (exact) mass is 133 g/mol. The van der Waals surface area contributed by atoms with Crippen molar-refractivity contribution < 1.29 is 14.3 Å². The molecule has 0 amide bonds. The minimum atomic E-state index is 0. The average molecular weight is 133 g/mol. The third-order valence-electron chi connectivity index (χ3n) is 0.111. The van der Waals surface area contributed by atoms with Crippen LogP contribution in [0.5, 0.6) is 0 Å². The Morgan fingerprint density at radius 3 is 1.43 bits per heavy atom. The Labute approximate surface area is 70.8 Å². The molecule has 0 saturated heterocycles. The summed E-state index contributed by atoms with van der Waals surface area (Å²) in [5, 5.41) is 0. The van der Waals surface area contributed by atoms with Crippen LogP contribution in [0.25, 0.3) is 0 Å². The van der Waals surface area contributed by atoms with E-state index in [1.807, 2.05) is 0 Å².